The van der Waals surface area contributed by atoms with Gasteiger partial charge in [-0.3, -0.25) is 24.2 Å². The Hall–Kier alpha value is -2.94. The van der Waals surface area contributed by atoms with E-state index in [4.69, 9.17) is 0 Å². The molecule has 0 unspecified atom stereocenters. The fourth-order valence-electron chi connectivity index (χ4n) is 3.96. The maximum Gasteiger partial charge on any atom is 0.290 e. The number of nitrogens with one attached hydrogen (secondary N) is 1. The van der Waals surface area contributed by atoms with Crippen molar-refractivity contribution in [3.05, 3.63) is 64.8 Å². The van der Waals surface area contributed by atoms with Gasteiger partial charge >= 0.3 is 0 Å². The minimum absolute atomic E-state index is 0.335. The lowest BCUT2D eigenvalue weighted by atomic mass is 10.1. The maximum atomic E-state index is 11.9. The number of pyridine rings is 1. The number of likely N-dealkylation sites (N-methyl/N-ethyl adjacent to an activating group) is 1. The Kier molecular flexibility index (Phi) is 5.35. The average molecular weight is 434 g/mol. The Balaban J connectivity index is 1.43. The Labute approximate surface area is 184 Å². The summed E-state index contributed by atoms with van der Waals surface area (Å²) in [6.07, 6.45) is 5.56. The Morgan fingerprint density at radius 3 is 2.74 bits per heavy atom. The minimum Gasteiger partial charge on any atom is -0.304 e. The lowest BCUT2D eigenvalue weighted by Crippen LogP contribution is -2.43. The first-order chi connectivity index (χ1) is 15.0. The first-order valence-corrected chi connectivity index (χ1v) is 11.1. The molecule has 5 rings (SSSR count). The number of imide groups is 1. The van der Waals surface area contributed by atoms with Gasteiger partial charge in [0, 0.05) is 44.5 Å². The van der Waals surface area contributed by atoms with Crippen molar-refractivity contribution < 1.29 is 9.59 Å². The molecule has 0 spiro atoms. The Bertz CT molecular complexity index is 1190. The van der Waals surface area contributed by atoms with Crippen LogP contribution in [0.25, 0.3) is 23.0 Å². The van der Waals surface area contributed by atoms with Crippen LogP contribution in [-0.4, -0.2) is 63.6 Å². The van der Waals surface area contributed by atoms with Crippen LogP contribution in [0.3, 0.4) is 0 Å². The first kappa shape index (κ1) is 20.0. The third-order valence-corrected chi connectivity index (χ3v) is 6.50. The molecular formula is C23H23N5O2S. The van der Waals surface area contributed by atoms with Crippen LogP contribution >= 0.6 is 11.8 Å². The number of rotatable bonds is 4. The molecule has 2 aliphatic heterocycles. The molecule has 2 aliphatic rings. The van der Waals surface area contributed by atoms with Crippen molar-refractivity contribution in [3.8, 4) is 11.3 Å². The van der Waals surface area contributed by atoms with Crippen molar-refractivity contribution >= 4 is 34.6 Å². The molecule has 31 heavy (non-hydrogen) atoms. The van der Waals surface area contributed by atoms with Gasteiger partial charge in [0.05, 0.1) is 16.8 Å². The van der Waals surface area contributed by atoms with E-state index < -0.39 is 0 Å². The van der Waals surface area contributed by atoms with Gasteiger partial charge in [-0.15, -0.1) is 0 Å². The lowest BCUT2D eigenvalue weighted by Gasteiger charge is -2.32. The second-order valence-electron chi connectivity index (χ2n) is 7.97. The molecule has 1 aromatic carbocycles. The molecule has 0 bridgehead atoms. The van der Waals surface area contributed by atoms with E-state index in [0.29, 0.717) is 4.91 Å². The zero-order chi connectivity index (χ0) is 21.4. The van der Waals surface area contributed by atoms with E-state index in [0.717, 1.165) is 67.0 Å². The van der Waals surface area contributed by atoms with E-state index in [2.05, 4.69) is 51.4 Å². The van der Waals surface area contributed by atoms with E-state index in [1.165, 1.54) is 5.56 Å². The number of thioether (sulfide) groups is 1. The fraction of sp³-hybridized carbons (Fsp3) is 0.261. The average Bonchev–Trinajstić information content (AvgIpc) is 3.32. The number of hydrogen-bond donors (Lipinski definition) is 1. The highest BCUT2D eigenvalue weighted by Gasteiger charge is 2.25. The molecule has 3 aromatic rings. The van der Waals surface area contributed by atoms with Gasteiger partial charge in [0.1, 0.15) is 5.65 Å². The summed E-state index contributed by atoms with van der Waals surface area (Å²) in [5.41, 5.74) is 5.06. The van der Waals surface area contributed by atoms with Gasteiger partial charge in [-0.05, 0) is 54.2 Å². The minimum atomic E-state index is -0.349. The highest BCUT2D eigenvalue weighted by atomic mass is 32.2. The van der Waals surface area contributed by atoms with E-state index in [-0.39, 0.29) is 11.1 Å². The molecule has 0 aliphatic carbocycles. The monoisotopic (exact) mass is 433 g/mol. The van der Waals surface area contributed by atoms with Crippen LogP contribution in [0.4, 0.5) is 4.79 Å². The second-order valence-corrected chi connectivity index (χ2v) is 8.98. The van der Waals surface area contributed by atoms with Gasteiger partial charge in [-0.2, -0.15) is 0 Å². The van der Waals surface area contributed by atoms with Crippen molar-refractivity contribution in [1.82, 2.24) is 24.5 Å². The van der Waals surface area contributed by atoms with Crippen LogP contribution in [-0.2, 0) is 11.3 Å². The molecule has 1 N–H and O–H groups in total. The molecule has 2 saturated heterocycles. The number of imidazole rings is 1. The normalized spacial score (nSPS) is 19.5. The predicted molar refractivity (Wildman–Crippen MR) is 123 cm³/mol. The Morgan fingerprint density at radius 2 is 1.97 bits per heavy atom. The van der Waals surface area contributed by atoms with E-state index in [1.807, 2.05) is 28.9 Å². The number of carbonyl (C=O) groups is 2. The molecule has 8 heteroatoms. The fourth-order valence-corrected chi connectivity index (χ4v) is 4.64. The van der Waals surface area contributed by atoms with Crippen LogP contribution in [0, 0.1) is 0 Å². The third-order valence-electron chi connectivity index (χ3n) is 5.69. The number of piperazine rings is 1. The van der Waals surface area contributed by atoms with Crippen LogP contribution in [0.15, 0.2) is 53.7 Å². The quantitative estimate of drug-likeness (QED) is 0.638. The van der Waals surface area contributed by atoms with Gasteiger partial charge in [0.15, 0.2) is 0 Å². The van der Waals surface area contributed by atoms with Crippen LogP contribution < -0.4 is 5.32 Å². The first-order valence-electron chi connectivity index (χ1n) is 10.3. The summed E-state index contributed by atoms with van der Waals surface area (Å²) < 4.78 is 2.03. The van der Waals surface area contributed by atoms with Crippen molar-refractivity contribution in [3.63, 3.8) is 0 Å². The summed E-state index contributed by atoms with van der Waals surface area (Å²) in [5.74, 6) is -0.349. The van der Waals surface area contributed by atoms with Gasteiger partial charge in [-0.25, -0.2) is 4.98 Å². The number of hydrogen-bond acceptors (Lipinski definition) is 6. The molecule has 0 atom stereocenters. The highest BCUT2D eigenvalue weighted by molar-refractivity contribution is 8.18. The van der Waals surface area contributed by atoms with Crippen molar-refractivity contribution in [2.24, 2.45) is 0 Å². The predicted octanol–water partition coefficient (Wildman–Crippen LogP) is 3.07. The van der Waals surface area contributed by atoms with Gasteiger partial charge in [0.2, 0.25) is 0 Å². The van der Waals surface area contributed by atoms with Gasteiger partial charge in [0.25, 0.3) is 11.1 Å². The van der Waals surface area contributed by atoms with E-state index >= 15 is 0 Å². The number of fused-ring (bicyclic) bond motifs is 1. The molecule has 4 heterocycles. The topological polar surface area (TPSA) is 69.9 Å². The highest BCUT2D eigenvalue weighted by Crippen LogP contribution is 2.27. The van der Waals surface area contributed by atoms with E-state index in [9.17, 15) is 9.59 Å². The molecule has 2 fully saturated rings. The second kappa shape index (κ2) is 8.30. The largest absolute Gasteiger partial charge is 0.304 e. The van der Waals surface area contributed by atoms with Crippen LogP contribution in [0.2, 0.25) is 0 Å². The summed E-state index contributed by atoms with van der Waals surface area (Å²) in [7, 11) is 2.17. The molecule has 158 valence electrons. The van der Waals surface area contributed by atoms with Crippen LogP contribution in [0.5, 0.6) is 0 Å². The smallest absolute Gasteiger partial charge is 0.290 e. The number of nitrogens with zero attached hydrogens (tertiary/aromatic N) is 4. The zero-order valence-corrected chi connectivity index (χ0v) is 18.1. The molecule has 2 aromatic heterocycles. The standard InChI is InChI=1S/C23H23N5O2S/c1-26-7-9-27(10-8-26)14-16-3-2-4-18(11-16)19-13-24-21-6-5-17(15-28(19)21)12-20-22(29)25-23(30)31-20/h2-6,11-13,15H,7-10,14H2,1H3,(H,25,29,30). The van der Waals surface area contributed by atoms with Crippen molar-refractivity contribution in [2.45, 2.75) is 6.54 Å². The van der Waals surface area contributed by atoms with E-state index in [1.54, 1.807) is 6.08 Å². The molecular weight excluding hydrogens is 410 g/mol. The summed E-state index contributed by atoms with van der Waals surface area (Å²) in [6.45, 7) is 5.32. The number of carbonyl (C=O) groups excluding carboxylic acids is 2. The zero-order valence-electron chi connectivity index (χ0n) is 17.2. The molecule has 0 radical (unpaired) electrons. The van der Waals surface area contributed by atoms with Crippen LogP contribution in [0.1, 0.15) is 11.1 Å². The maximum absolute atomic E-state index is 11.9. The van der Waals surface area contributed by atoms with Crippen molar-refractivity contribution in [1.29, 1.82) is 0 Å². The molecule has 0 saturated carbocycles. The van der Waals surface area contributed by atoms with Crippen molar-refractivity contribution in [2.75, 3.05) is 33.2 Å². The molecule has 2 amide bonds. The van der Waals surface area contributed by atoms with Gasteiger partial charge in [-0.1, -0.05) is 18.2 Å². The lowest BCUT2D eigenvalue weighted by molar-refractivity contribution is -0.115. The third kappa shape index (κ3) is 4.27. The SMILES string of the molecule is CN1CCN(Cc2cccc(-c3cnc4ccc(C=C5SC(=O)NC5=O)cn34)c2)CC1. The summed E-state index contributed by atoms with van der Waals surface area (Å²) in [6, 6.07) is 12.4. The summed E-state index contributed by atoms with van der Waals surface area (Å²) in [5, 5.41) is 1.95. The number of amides is 2. The summed E-state index contributed by atoms with van der Waals surface area (Å²) in [4.78, 5) is 33.1. The molecule has 7 nitrogen and oxygen atoms in total. The number of benzene rings is 1. The summed E-state index contributed by atoms with van der Waals surface area (Å²) >= 11 is 0.924. The van der Waals surface area contributed by atoms with Gasteiger partial charge < -0.3 is 4.90 Å². The Morgan fingerprint density at radius 1 is 1.13 bits per heavy atom. The number of aromatic nitrogens is 2.